The Labute approximate surface area is 138 Å². The fraction of sp³-hybridized carbons (Fsp3) is 0.235. The van der Waals surface area contributed by atoms with Crippen molar-refractivity contribution in [3.63, 3.8) is 0 Å². The number of halogens is 1. The van der Waals surface area contributed by atoms with Gasteiger partial charge in [0, 0.05) is 16.3 Å². The molecule has 0 saturated heterocycles. The number of amidine groups is 1. The Kier molecular flexibility index (Phi) is 3.40. The Bertz CT molecular complexity index is 732. The van der Waals surface area contributed by atoms with E-state index in [-0.39, 0.29) is 0 Å². The summed E-state index contributed by atoms with van der Waals surface area (Å²) in [5.41, 5.74) is 0.997. The lowest BCUT2D eigenvalue weighted by molar-refractivity contribution is -0.650. The maximum absolute atomic E-state index is 11.4. The molecular formula is C17H16ClN2OS+. The van der Waals surface area contributed by atoms with Gasteiger partial charge in [-0.1, -0.05) is 41.9 Å². The van der Waals surface area contributed by atoms with Gasteiger partial charge in [0.05, 0.1) is 6.54 Å². The Balaban J connectivity index is 1.78. The van der Waals surface area contributed by atoms with Gasteiger partial charge in [-0.15, -0.1) is 0 Å². The second-order valence-corrected chi connectivity index (χ2v) is 7.03. The largest absolute Gasteiger partial charge is 0.346 e. The number of rotatable bonds is 2. The predicted octanol–water partition coefficient (Wildman–Crippen LogP) is 3.12. The van der Waals surface area contributed by atoms with Crippen LogP contribution < -0.4 is 4.90 Å². The lowest BCUT2D eigenvalue weighted by atomic mass is 10.0. The smallest absolute Gasteiger partial charge is 0.316 e. The van der Waals surface area contributed by atoms with Crippen LogP contribution in [0.4, 0.5) is 5.69 Å². The van der Waals surface area contributed by atoms with Crippen molar-refractivity contribution in [2.75, 3.05) is 23.7 Å². The molecule has 2 aliphatic rings. The van der Waals surface area contributed by atoms with E-state index in [0.29, 0.717) is 11.6 Å². The van der Waals surface area contributed by atoms with E-state index in [0.717, 1.165) is 28.7 Å². The molecule has 112 valence electrons. The summed E-state index contributed by atoms with van der Waals surface area (Å²) in [6, 6.07) is 17.7. The molecule has 1 N–H and O–H groups in total. The van der Waals surface area contributed by atoms with E-state index >= 15 is 0 Å². The first-order chi connectivity index (χ1) is 10.7. The minimum absolute atomic E-state index is 0.529. The van der Waals surface area contributed by atoms with Crippen molar-refractivity contribution >= 4 is 34.2 Å². The normalized spacial score (nSPS) is 24.0. The van der Waals surface area contributed by atoms with Gasteiger partial charge in [0.2, 0.25) is 0 Å². The van der Waals surface area contributed by atoms with E-state index < -0.39 is 5.72 Å². The van der Waals surface area contributed by atoms with Crippen molar-refractivity contribution in [2.24, 2.45) is 0 Å². The molecule has 0 aliphatic carbocycles. The molecule has 0 bridgehead atoms. The van der Waals surface area contributed by atoms with Crippen LogP contribution in [-0.2, 0) is 5.72 Å². The molecule has 0 spiro atoms. The Morgan fingerprint density at radius 1 is 1.09 bits per heavy atom. The van der Waals surface area contributed by atoms with E-state index in [1.54, 1.807) is 11.8 Å². The van der Waals surface area contributed by atoms with Crippen LogP contribution in [0.3, 0.4) is 0 Å². The average Bonchev–Trinajstić information content (AvgIpc) is 3.13. The van der Waals surface area contributed by atoms with Gasteiger partial charge in [-0.25, -0.2) is 9.48 Å². The summed E-state index contributed by atoms with van der Waals surface area (Å²) in [4.78, 5) is 2.20. The van der Waals surface area contributed by atoms with Crippen LogP contribution in [0.5, 0.6) is 0 Å². The summed E-state index contributed by atoms with van der Waals surface area (Å²) in [7, 11) is 0. The van der Waals surface area contributed by atoms with Gasteiger partial charge < -0.3 is 5.11 Å². The first kappa shape index (κ1) is 14.1. The number of benzene rings is 2. The molecule has 4 rings (SSSR count). The number of para-hydroxylation sites is 1. The van der Waals surface area contributed by atoms with Crippen LogP contribution in [0.25, 0.3) is 0 Å². The molecule has 0 aromatic heterocycles. The molecule has 2 aliphatic heterocycles. The lowest BCUT2D eigenvalue weighted by Crippen LogP contribution is -2.41. The number of β-amino-alcohol motifs (C(OH)–C–C–N with tert-alkyl or cyclic N) is 1. The first-order valence-corrected chi connectivity index (χ1v) is 8.63. The maximum atomic E-state index is 11.4. The average molecular weight is 332 g/mol. The van der Waals surface area contributed by atoms with Gasteiger partial charge in [-0.3, -0.25) is 0 Å². The van der Waals surface area contributed by atoms with Gasteiger partial charge in [-0.2, -0.15) is 0 Å². The number of anilines is 1. The lowest BCUT2D eigenvalue weighted by Gasteiger charge is -2.23. The molecule has 2 aromatic carbocycles. The highest BCUT2D eigenvalue weighted by molar-refractivity contribution is 8.14. The Hall–Kier alpha value is -1.49. The third kappa shape index (κ3) is 2.14. The van der Waals surface area contributed by atoms with E-state index in [1.165, 1.54) is 0 Å². The Morgan fingerprint density at radius 3 is 2.55 bits per heavy atom. The van der Waals surface area contributed by atoms with Crippen LogP contribution in [0.15, 0.2) is 54.6 Å². The van der Waals surface area contributed by atoms with Crippen LogP contribution in [0, 0.1) is 0 Å². The van der Waals surface area contributed by atoms with Gasteiger partial charge in [0.1, 0.15) is 5.69 Å². The summed E-state index contributed by atoms with van der Waals surface area (Å²) in [5.74, 6) is 0.995. The molecule has 2 aromatic rings. The zero-order valence-corrected chi connectivity index (χ0v) is 13.5. The van der Waals surface area contributed by atoms with Crippen molar-refractivity contribution < 1.29 is 9.68 Å². The van der Waals surface area contributed by atoms with Crippen molar-refractivity contribution in [3.05, 3.63) is 65.2 Å². The van der Waals surface area contributed by atoms with Crippen molar-refractivity contribution in [1.29, 1.82) is 0 Å². The molecule has 0 unspecified atom stereocenters. The van der Waals surface area contributed by atoms with Gasteiger partial charge in [0.25, 0.3) is 5.72 Å². The molecule has 0 radical (unpaired) electrons. The van der Waals surface area contributed by atoms with Crippen molar-refractivity contribution in [3.8, 4) is 0 Å². The molecule has 0 saturated carbocycles. The van der Waals surface area contributed by atoms with Crippen molar-refractivity contribution in [2.45, 2.75) is 5.72 Å². The van der Waals surface area contributed by atoms with E-state index in [1.807, 2.05) is 42.5 Å². The molecule has 0 fully saturated rings. The maximum Gasteiger partial charge on any atom is 0.316 e. The first-order valence-electron chi connectivity index (χ1n) is 7.27. The highest BCUT2D eigenvalue weighted by atomic mass is 35.5. The van der Waals surface area contributed by atoms with Gasteiger partial charge in [0.15, 0.2) is 6.54 Å². The monoisotopic (exact) mass is 331 g/mol. The second kappa shape index (κ2) is 5.30. The van der Waals surface area contributed by atoms with Crippen LogP contribution in [-0.4, -0.2) is 33.7 Å². The summed E-state index contributed by atoms with van der Waals surface area (Å²) in [6.45, 7) is 1.38. The van der Waals surface area contributed by atoms with Gasteiger partial charge >= 0.3 is 5.17 Å². The van der Waals surface area contributed by atoms with E-state index in [9.17, 15) is 5.11 Å². The fourth-order valence-electron chi connectivity index (χ4n) is 3.12. The Morgan fingerprint density at radius 2 is 1.82 bits per heavy atom. The van der Waals surface area contributed by atoms with E-state index in [2.05, 4.69) is 21.6 Å². The van der Waals surface area contributed by atoms with Crippen LogP contribution >= 0.6 is 23.4 Å². The zero-order valence-electron chi connectivity index (χ0n) is 11.9. The quantitative estimate of drug-likeness (QED) is 0.856. The predicted molar refractivity (Wildman–Crippen MR) is 91.7 cm³/mol. The zero-order chi connectivity index (χ0) is 15.2. The SMILES string of the molecule is O[C@]1(c2ccc(Cl)cc2)CN(c2ccccc2)C2=[N+]1CCS2. The summed E-state index contributed by atoms with van der Waals surface area (Å²) >= 11 is 7.78. The number of hydrogen-bond acceptors (Lipinski definition) is 3. The molecule has 1 atom stereocenters. The molecule has 5 heteroatoms. The third-order valence-corrected chi connectivity index (χ3v) is 5.55. The van der Waals surface area contributed by atoms with Crippen LogP contribution in [0.2, 0.25) is 5.02 Å². The summed E-state index contributed by atoms with van der Waals surface area (Å²) < 4.78 is 2.11. The number of aliphatic hydroxyl groups is 1. The third-order valence-electron chi connectivity index (χ3n) is 4.21. The molecule has 2 heterocycles. The van der Waals surface area contributed by atoms with E-state index in [4.69, 9.17) is 11.6 Å². The standard InChI is InChI=1S/C17H16ClN2OS/c18-14-8-6-13(7-9-14)17(21)12-19(15-4-2-1-3-5-15)16-20(17)10-11-22-16/h1-9,21H,10-12H2/q+1/t17-/m0/s1. The summed E-state index contributed by atoms with van der Waals surface area (Å²) in [5, 5.41) is 13.2. The molecule has 0 amide bonds. The minimum atomic E-state index is -1.00. The molecule has 3 nitrogen and oxygen atoms in total. The van der Waals surface area contributed by atoms with Crippen molar-refractivity contribution in [1.82, 2.24) is 0 Å². The minimum Gasteiger partial charge on any atom is -0.346 e. The highest BCUT2D eigenvalue weighted by Gasteiger charge is 2.54. The molecular weight excluding hydrogens is 316 g/mol. The summed E-state index contributed by atoms with van der Waals surface area (Å²) in [6.07, 6.45) is 0. The number of thioether (sulfide) groups is 1. The van der Waals surface area contributed by atoms with Crippen LogP contribution in [0.1, 0.15) is 5.56 Å². The highest BCUT2D eigenvalue weighted by Crippen LogP contribution is 2.38. The number of hydrogen-bond donors (Lipinski definition) is 1. The topological polar surface area (TPSA) is 26.5 Å². The fourth-order valence-corrected chi connectivity index (χ4v) is 4.42. The number of nitrogens with zero attached hydrogens (tertiary/aromatic N) is 2. The molecule has 22 heavy (non-hydrogen) atoms. The van der Waals surface area contributed by atoms with Gasteiger partial charge in [-0.05, 0) is 36.0 Å². The second-order valence-electron chi connectivity index (χ2n) is 5.53.